The van der Waals surface area contributed by atoms with Crippen LogP contribution in [0, 0.1) is 0 Å². The molecule has 154 valence electrons. The van der Waals surface area contributed by atoms with Gasteiger partial charge in [0.15, 0.2) is 11.7 Å². The molecule has 0 aromatic carbocycles. The molecule has 1 N–H and O–H groups in total. The Kier molecular flexibility index (Phi) is 7.24. The number of aromatic nitrogens is 3. The Hall–Kier alpha value is -2.16. The van der Waals surface area contributed by atoms with E-state index >= 15 is 0 Å². The zero-order valence-electron chi connectivity index (χ0n) is 17.3. The molecule has 2 aromatic heterocycles. The van der Waals surface area contributed by atoms with Crippen LogP contribution in [-0.4, -0.2) is 58.6 Å². The molecular formula is C19H31N7OS. The van der Waals surface area contributed by atoms with Crippen LogP contribution in [-0.2, 0) is 13.0 Å². The Morgan fingerprint density at radius 1 is 1.25 bits per heavy atom. The Labute approximate surface area is 171 Å². The summed E-state index contributed by atoms with van der Waals surface area (Å²) in [6.07, 6.45) is 3.04. The predicted octanol–water partition coefficient (Wildman–Crippen LogP) is 2.89. The van der Waals surface area contributed by atoms with Gasteiger partial charge in [0.2, 0.25) is 5.13 Å². The molecule has 1 saturated heterocycles. The Morgan fingerprint density at radius 2 is 2.00 bits per heavy atom. The summed E-state index contributed by atoms with van der Waals surface area (Å²) in [5.74, 6) is 3.15. The van der Waals surface area contributed by atoms with Crippen LogP contribution < -0.4 is 10.2 Å². The van der Waals surface area contributed by atoms with Gasteiger partial charge in [-0.1, -0.05) is 25.9 Å². The molecule has 2 aromatic rings. The molecular weight excluding hydrogens is 374 g/mol. The number of nitrogens with one attached hydrogen (secondary N) is 1. The van der Waals surface area contributed by atoms with Crippen molar-refractivity contribution in [2.75, 3.05) is 38.1 Å². The normalized spacial score (nSPS) is 15.5. The molecule has 3 heterocycles. The van der Waals surface area contributed by atoms with Crippen molar-refractivity contribution in [2.45, 2.75) is 52.5 Å². The summed E-state index contributed by atoms with van der Waals surface area (Å²) in [5.41, 5.74) is 1.05. The summed E-state index contributed by atoms with van der Waals surface area (Å²) in [5, 5.41) is 8.67. The van der Waals surface area contributed by atoms with Gasteiger partial charge in [-0.25, -0.2) is 4.98 Å². The lowest BCUT2D eigenvalue weighted by molar-refractivity contribution is 0.353. The number of piperazine rings is 1. The van der Waals surface area contributed by atoms with Crippen LogP contribution in [0.25, 0.3) is 0 Å². The van der Waals surface area contributed by atoms with Gasteiger partial charge in [0, 0.05) is 63.2 Å². The largest absolute Gasteiger partial charge is 0.359 e. The van der Waals surface area contributed by atoms with Crippen LogP contribution in [0.5, 0.6) is 0 Å². The summed E-state index contributed by atoms with van der Waals surface area (Å²) < 4.78 is 9.90. The average Bonchev–Trinajstić information content (AvgIpc) is 3.40. The van der Waals surface area contributed by atoms with Gasteiger partial charge < -0.3 is 19.6 Å². The van der Waals surface area contributed by atoms with E-state index in [-0.39, 0.29) is 0 Å². The monoisotopic (exact) mass is 405 g/mol. The number of guanidine groups is 1. The van der Waals surface area contributed by atoms with Crippen molar-refractivity contribution in [3.8, 4) is 0 Å². The van der Waals surface area contributed by atoms with E-state index in [1.54, 1.807) is 0 Å². The van der Waals surface area contributed by atoms with E-state index in [4.69, 9.17) is 4.52 Å². The number of anilines is 1. The molecule has 0 amide bonds. The second-order valence-electron chi connectivity index (χ2n) is 6.95. The first-order valence-corrected chi connectivity index (χ1v) is 10.9. The van der Waals surface area contributed by atoms with E-state index in [0.29, 0.717) is 12.5 Å². The third-order valence-electron chi connectivity index (χ3n) is 5.24. The van der Waals surface area contributed by atoms with Crippen LogP contribution in [0.1, 0.15) is 56.8 Å². The van der Waals surface area contributed by atoms with Gasteiger partial charge in [0.1, 0.15) is 5.82 Å². The van der Waals surface area contributed by atoms with Crippen molar-refractivity contribution in [1.82, 2.24) is 24.7 Å². The molecule has 1 aliphatic rings. The number of hydrogen-bond donors (Lipinski definition) is 1. The molecule has 8 nitrogen and oxygen atoms in total. The fourth-order valence-corrected chi connectivity index (χ4v) is 4.24. The quantitative estimate of drug-likeness (QED) is 0.560. The lowest BCUT2D eigenvalue weighted by Gasteiger charge is -2.36. The minimum atomic E-state index is 0.471. The van der Waals surface area contributed by atoms with Gasteiger partial charge in [-0.15, -0.1) is 0 Å². The van der Waals surface area contributed by atoms with Crippen molar-refractivity contribution in [1.29, 1.82) is 0 Å². The number of aliphatic imine (C=N–C) groups is 1. The maximum absolute atomic E-state index is 5.51. The number of rotatable bonds is 7. The Morgan fingerprint density at radius 3 is 2.61 bits per heavy atom. The molecule has 0 bridgehead atoms. The highest BCUT2D eigenvalue weighted by Crippen LogP contribution is 2.22. The first-order valence-electron chi connectivity index (χ1n) is 10.2. The summed E-state index contributed by atoms with van der Waals surface area (Å²) in [4.78, 5) is 13.6. The first-order chi connectivity index (χ1) is 13.7. The van der Waals surface area contributed by atoms with Gasteiger partial charge in [-0.3, -0.25) is 4.99 Å². The second kappa shape index (κ2) is 9.86. The maximum atomic E-state index is 5.51. The molecule has 0 saturated carbocycles. The summed E-state index contributed by atoms with van der Waals surface area (Å²) in [6.45, 7) is 10.7. The van der Waals surface area contributed by atoms with Crippen molar-refractivity contribution in [3.05, 3.63) is 23.3 Å². The molecule has 0 unspecified atom stereocenters. The van der Waals surface area contributed by atoms with E-state index in [9.17, 15) is 0 Å². The van der Waals surface area contributed by atoms with E-state index < -0.39 is 0 Å². The fourth-order valence-electron chi connectivity index (χ4n) is 3.44. The van der Waals surface area contributed by atoms with Gasteiger partial charge >= 0.3 is 0 Å². The Bertz CT molecular complexity index is 760. The summed E-state index contributed by atoms with van der Waals surface area (Å²) in [6, 6.07) is 2.07. The smallest absolute Gasteiger partial charge is 0.205 e. The number of aryl methyl sites for hydroxylation is 1. The van der Waals surface area contributed by atoms with Crippen LogP contribution in [0.3, 0.4) is 0 Å². The molecule has 0 atom stereocenters. The Balaban J connectivity index is 1.51. The first kappa shape index (κ1) is 20.6. The molecule has 28 heavy (non-hydrogen) atoms. The second-order valence-corrected chi connectivity index (χ2v) is 7.68. The zero-order valence-corrected chi connectivity index (χ0v) is 18.1. The van der Waals surface area contributed by atoms with Gasteiger partial charge in [0.25, 0.3) is 0 Å². The fraction of sp³-hybridized carbons (Fsp3) is 0.684. The van der Waals surface area contributed by atoms with Gasteiger partial charge in [-0.2, -0.15) is 4.37 Å². The van der Waals surface area contributed by atoms with Crippen LogP contribution in [0.2, 0.25) is 0 Å². The third kappa shape index (κ3) is 4.81. The molecule has 0 aliphatic carbocycles. The third-order valence-corrected chi connectivity index (χ3v) is 6.05. The van der Waals surface area contributed by atoms with E-state index in [2.05, 4.69) is 61.5 Å². The van der Waals surface area contributed by atoms with Crippen molar-refractivity contribution in [3.63, 3.8) is 0 Å². The highest BCUT2D eigenvalue weighted by atomic mass is 32.1. The number of nitrogens with zero attached hydrogens (tertiary/aromatic N) is 6. The molecule has 1 aliphatic heterocycles. The summed E-state index contributed by atoms with van der Waals surface area (Å²) in [7, 11) is 1.82. The van der Waals surface area contributed by atoms with Crippen LogP contribution in [0.4, 0.5) is 5.13 Å². The predicted molar refractivity (Wildman–Crippen MR) is 113 cm³/mol. The van der Waals surface area contributed by atoms with Crippen LogP contribution >= 0.6 is 11.5 Å². The lowest BCUT2D eigenvalue weighted by atomic mass is 9.99. The van der Waals surface area contributed by atoms with Gasteiger partial charge in [-0.05, 0) is 12.8 Å². The molecule has 1 fully saturated rings. The lowest BCUT2D eigenvalue weighted by Crippen LogP contribution is -2.52. The molecule has 0 spiro atoms. The SMILES string of the molecule is CCc1nsc(N2CCN(C(=NC)NCc3cc(C(CC)CC)no3)CC2)n1. The van der Waals surface area contributed by atoms with E-state index in [1.165, 1.54) is 11.5 Å². The summed E-state index contributed by atoms with van der Waals surface area (Å²) >= 11 is 1.49. The standard InChI is InChI=1S/C19H31N7OS/c1-5-14(6-2)16-12-15(27-23-16)13-21-18(20-4)25-8-10-26(11-9-25)19-22-17(7-3)24-28-19/h12,14H,5-11,13H2,1-4H3,(H,20,21). The average molecular weight is 406 g/mol. The number of hydrogen-bond acceptors (Lipinski definition) is 7. The van der Waals surface area contributed by atoms with E-state index in [0.717, 1.165) is 73.8 Å². The van der Waals surface area contributed by atoms with Crippen LogP contribution in [0.15, 0.2) is 15.6 Å². The van der Waals surface area contributed by atoms with Crippen molar-refractivity contribution < 1.29 is 4.52 Å². The molecule has 0 radical (unpaired) electrons. The van der Waals surface area contributed by atoms with E-state index in [1.807, 2.05) is 7.05 Å². The van der Waals surface area contributed by atoms with Crippen molar-refractivity contribution in [2.24, 2.45) is 4.99 Å². The topological polar surface area (TPSA) is 82.7 Å². The maximum Gasteiger partial charge on any atom is 0.205 e. The molecule has 3 rings (SSSR count). The zero-order chi connectivity index (χ0) is 19.9. The minimum Gasteiger partial charge on any atom is -0.359 e. The van der Waals surface area contributed by atoms with Gasteiger partial charge in [0.05, 0.1) is 12.2 Å². The minimum absolute atomic E-state index is 0.471. The van der Waals surface area contributed by atoms with Crippen molar-refractivity contribution >= 4 is 22.6 Å². The molecule has 9 heteroatoms. The highest BCUT2D eigenvalue weighted by molar-refractivity contribution is 7.09. The highest BCUT2D eigenvalue weighted by Gasteiger charge is 2.22.